The van der Waals surface area contributed by atoms with Crippen molar-refractivity contribution in [2.24, 2.45) is 17.1 Å². The summed E-state index contributed by atoms with van der Waals surface area (Å²) in [6.45, 7) is 9.05. The highest BCUT2D eigenvalue weighted by atomic mass is 32.2. The molecule has 0 amide bonds. The molecule has 3 rings (SSSR count). The summed E-state index contributed by atoms with van der Waals surface area (Å²) in [4.78, 5) is 2.66. The number of nitrogens with two attached hydrogens (primary N) is 1. The maximum atomic E-state index is 6.34. The van der Waals surface area contributed by atoms with Gasteiger partial charge in [0.15, 0.2) is 0 Å². The minimum atomic E-state index is 0.122. The summed E-state index contributed by atoms with van der Waals surface area (Å²) in [5.74, 6) is 3.12. The van der Waals surface area contributed by atoms with Crippen LogP contribution in [-0.2, 0) is 6.42 Å². The van der Waals surface area contributed by atoms with Gasteiger partial charge in [0, 0.05) is 24.5 Å². The summed E-state index contributed by atoms with van der Waals surface area (Å²) < 4.78 is 0. The van der Waals surface area contributed by atoms with Crippen LogP contribution in [0.2, 0.25) is 0 Å². The molecule has 0 saturated carbocycles. The molecule has 1 fully saturated rings. The van der Waals surface area contributed by atoms with E-state index in [1.165, 1.54) is 29.8 Å². The predicted molar refractivity (Wildman–Crippen MR) is 94.2 cm³/mol. The summed E-state index contributed by atoms with van der Waals surface area (Å²) in [6.07, 6.45) is 2.40. The van der Waals surface area contributed by atoms with E-state index >= 15 is 0 Å². The van der Waals surface area contributed by atoms with Gasteiger partial charge in [0.25, 0.3) is 0 Å². The number of anilines is 1. The zero-order chi connectivity index (χ0) is 15.1. The van der Waals surface area contributed by atoms with Crippen molar-refractivity contribution in [3.63, 3.8) is 0 Å². The van der Waals surface area contributed by atoms with Crippen molar-refractivity contribution < 1.29 is 0 Å². The lowest BCUT2D eigenvalue weighted by molar-refractivity contribution is 0.249. The van der Waals surface area contributed by atoms with Crippen molar-refractivity contribution in [2.45, 2.75) is 39.2 Å². The lowest BCUT2D eigenvalue weighted by Gasteiger charge is -2.54. The maximum Gasteiger partial charge on any atom is 0.0619 e. The molecule has 0 radical (unpaired) electrons. The van der Waals surface area contributed by atoms with Crippen LogP contribution < -0.4 is 10.6 Å². The Balaban J connectivity index is 2.01. The quantitative estimate of drug-likeness (QED) is 0.906. The molecule has 0 aliphatic carbocycles. The Hall–Kier alpha value is -0.670. The fraction of sp³-hybridized carbons (Fsp3) is 0.667. The Bertz CT molecular complexity index is 514. The third kappa shape index (κ3) is 2.83. The summed E-state index contributed by atoms with van der Waals surface area (Å²) >= 11 is 2.08. The summed E-state index contributed by atoms with van der Waals surface area (Å²) in [7, 11) is 0. The van der Waals surface area contributed by atoms with Gasteiger partial charge in [-0.05, 0) is 41.6 Å². The van der Waals surface area contributed by atoms with Gasteiger partial charge < -0.3 is 10.6 Å². The first-order valence-corrected chi connectivity index (χ1v) is 9.25. The van der Waals surface area contributed by atoms with E-state index in [1.807, 2.05) is 0 Å². The van der Waals surface area contributed by atoms with Gasteiger partial charge in [-0.15, -0.1) is 0 Å². The molecule has 0 bridgehead atoms. The van der Waals surface area contributed by atoms with Crippen LogP contribution in [0.1, 0.15) is 32.8 Å². The van der Waals surface area contributed by atoms with Crippen LogP contribution in [-0.4, -0.2) is 30.1 Å². The monoisotopic (exact) mass is 304 g/mol. The summed E-state index contributed by atoms with van der Waals surface area (Å²) in [6, 6.07) is 8.94. The molecule has 116 valence electrons. The van der Waals surface area contributed by atoms with Crippen LogP contribution in [0, 0.1) is 11.3 Å². The third-order valence-electron chi connectivity index (χ3n) is 4.97. The normalized spacial score (nSPS) is 31.8. The highest BCUT2D eigenvalue weighted by molar-refractivity contribution is 7.99. The SMILES string of the molecule is CC1Cc2ccccc2N(C2(CN)CSCC(C)(C)C2)C1. The Morgan fingerprint density at radius 1 is 1.29 bits per heavy atom. The molecule has 21 heavy (non-hydrogen) atoms. The maximum absolute atomic E-state index is 6.34. The van der Waals surface area contributed by atoms with E-state index in [2.05, 4.69) is 61.7 Å². The fourth-order valence-electron chi connectivity index (χ4n) is 4.17. The molecule has 2 heterocycles. The molecule has 0 aromatic heterocycles. The lowest BCUT2D eigenvalue weighted by atomic mass is 9.77. The molecule has 1 aromatic rings. The van der Waals surface area contributed by atoms with E-state index in [-0.39, 0.29) is 5.54 Å². The number of fused-ring (bicyclic) bond motifs is 1. The predicted octanol–water partition coefficient (Wildman–Crippen LogP) is 3.55. The Labute approximate surface area is 133 Å². The van der Waals surface area contributed by atoms with Gasteiger partial charge in [-0.3, -0.25) is 0 Å². The molecule has 2 unspecified atom stereocenters. The van der Waals surface area contributed by atoms with Crippen LogP contribution in [0.5, 0.6) is 0 Å². The number of benzene rings is 1. The zero-order valence-corrected chi connectivity index (χ0v) is 14.4. The van der Waals surface area contributed by atoms with Crippen LogP contribution in [0.4, 0.5) is 5.69 Å². The molecule has 0 spiro atoms. The molecule has 1 saturated heterocycles. The number of rotatable bonds is 2. The van der Waals surface area contributed by atoms with Crippen molar-refractivity contribution in [3.8, 4) is 0 Å². The van der Waals surface area contributed by atoms with E-state index in [0.717, 1.165) is 18.8 Å². The molecule has 2 atom stereocenters. The molecular weight excluding hydrogens is 276 g/mol. The number of hydrogen-bond donors (Lipinski definition) is 1. The van der Waals surface area contributed by atoms with E-state index in [9.17, 15) is 0 Å². The Morgan fingerprint density at radius 2 is 2.05 bits per heavy atom. The number of thioether (sulfide) groups is 1. The second kappa shape index (κ2) is 5.51. The largest absolute Gasteiger partial charge is 0.363 e. The number of hydrogen-bond acceptors (Lipinski definition) is 3. The first-order valence-electron chi connectivity index (χ1n) is 8.09. The molecular formula is C18H28N2S. The van der Waals surface area contributed by atoms with E-state index in [0.29, 0.717) is 11.3 Å². The van der Waals surface area contributed by atoms with Crippen LogP contribution in [0.3, 0.4) is 0 Å². The fourth-order valence-corrected chi connectivity index (χ4v) is 5.68. The average Bonchev–Trinajstić information content (AvgIpc) is 2.45. The lowest BCUT2D eigenvalue weighted by Crippen LogP contribution is -2.62. The molecule has 1 aromatic carbocycles. The standard InChI is InChI=1S/C18H28N2S/c1-14-8-15-6-4-5-7-16(15)20(9-14)18(11-19)10-17(2,3)12-21-13-18/h4-7,14H,8-13,19H2,1-3H3. The van der Waals surface area contributed by atoms with Crippen LogP contribution in [0.15, 0.2) is 24.3 Å². The van der Waals surface area contributed by atoms with Crippen LogP contribution >= 0.6 is 11.8 Å². The van der Waals surface area contributed by atoms with Gasteiger partial charge in [-0.1, -0.05) is 39.0 Å². The average molecular weight is 305 g/mol. The first kappa shape index (κ1) is 15.2. The highest BCUT2D eigenvalue weighted by Gasteiger charge is 2.45. The first-order chi connectivity index (χ1) is 9.96. The highest BCUT2D eigenvalue weighted by Crippen LogP contribution is 2.45. The minimum Gasteiger partial charge on any atom is -0.363 e. The van der Waals surface area contributed by atoms with Crippen molar-refractivity contribution in [1.82, 2.24) is 0 Å². The Morgan fingerprint density at radius 3 is 2.76 bits per heavy atom. The smallest absolute Gasteiger partial charge is 0.0619 e. The molecule has 2 aliphatic heterocycles. The molecule has 3 heteroatoms. The molecule has 2 nitrogen and oxygen atoms in total. The van der Waals surface area contributed by atoms with Gasteiger partial charge in [0.1, 0.15) is 0 Å². The summed E-state index contributed by atoms with van der Waals surface area (Å²) in [5, 5.41) is 0. The Kier molecular flexibility index (Phi) is 4.00. The molecule has 2 aliphatic rings. The van der Waals surface area contributed by atoms with Crippen molar-refractivity contribution in [1.29, 1.82) is 0 Å². The second-order valence-corrected chi connectivity index (χ2v) is 8.80. The van der Waals surface area contributed by atoms with Gasteiger partial charge in [0.05, 0.1) is 5.54 Å². The van der Waals surface area contributed by atoms with Crippen molar-refractivity contribution in [3.05, 3.63) is 29.8 Å². The number of nitrogens with zero attached hydrogens (tertiary/aromatic N) is 1. The summed E-state index contributed by atoms with van der Waals surface area (Å²) in [5.41, 5.74) is 9.76. The van der Waals surface area contributed by atoms with Gasteiger partial charge in [-0.2, -0.15) is 11.8 Å². The van der Waals surface area contributed by atoms with Crippen LogP contribution in [0.25, 0.3) is 0 Å². The van der Waals surface area contributed by atoms with Gasteiger partial charge >= 0.3 is 0 Å². The van der Waals surface area contributed by atoms with Gasteiger partial charge in [0.2, 0.25) is 0 Å². The van der Waals surface area contributed by atoms with E-state index < -0.39 is 0 Å². The topological polar surface area (TPSA) is 29.3 Å². The minimum absolute atomic E-state index is 0.122. The third-order valence-corrected chi connectivity index (χ3v) is 6.70. The van der Waals surface area contributed by atoms with E-state index in [4.69, 9.17) is 5.73 Å². The van der Waals surface area contributed by atoms with Crippen molar-refractivity contribution >= 4 is 17.4 Å². The molecule has 2 N–H and O–H groups in total. The zero-order valence-electron chi connectivity index (χ0n) is 13.6. The van der Waals surface area contributed by atoms with E-state index in [1.54, 1.807) is 0 Å². The van der Waals surface area contributed by atoms with Crippen molar-refractivity contribution in [2.75, 3.05) is 29.5 Å². The second-order valence-electron chi connectivity index (χ2n) is 7.81. The number of para-hydroxylation sites is 1. The van der Waals surface area contributed by atoms with Gasteiger partial charge in [-0.25, -0.2) is 0 Å².